The van der Waals surface area contributed by atoms with Gasteiger partial charge in [0.2, 0.25) is 0 Å². The van der Waals surface area contributed by atoms with Crippen molar-refractivity contribution < 1.29 is 22.3 Å². The summed E-state index contributed by atoms with van der Waals surface area (Å²) < 4.78 is 43.9. The number of ether oxygens (including phenoxy) is 1. The SMILES string of the molecule is COC(=O)c1nn(Cc2ccc(Cl)cc2F)c2cc(S(C)(=O)=O)ccc12. The van der Waals surface area contributed by atoms with Gasteiger partial charge in [0.05, 0.1) is 24.1 Å². The Balaban J connectivity index is 2.20. The summed E-state index contributed by atoms with van der Waals surface area (Å²) in [6, 6.07) is 8.49. The molecule has 0 aliphatic carbocycles. The fourth-order valence-electron chi connectivity index (χ4n) is 2.56. The van der Waals surface area contributed by atoms with Crippen molar-refractivity contribution in [3.8, 4) is 0 Å². The highest BCUT2D eigenvalue weighted by molar-refractivity contribution is 7.90. The van der Waals surface area contributed by atoms with Gasteiger partial charge in [-0.1, -0.05) is 17.7 Å². The number of nitrogens with zero attached hydrogens (tertiary/aromatic N) is 2. The zero-order valence-corrected chi connectivity index (χ0v) is 15.4. The Labute approximate surface area is 154 Å². The van der Waals surface area contributed by atoms with Crippen LogP contribution < -0.4 is 0 Å². The summed E-state index contributed by atoms with van der Waals surface area (Å²) >= 11 is 5.76. The summed E-state index contributed by atoms with van der Waals surface area (Å²) in [5.74, 6) is -1.20. The van der Waals surface area contributed by atoms with Crippen molar-refractivity contribution in [2.45, 2.75) is 11.4 Å². The van der Waals surface area contributed by atoms with Gasteiger partial charge in [-0.2, -0.15) is 5.10 Å². The monoisotopic (exact) mass is 396 g/mol. The lowest BCUT2D eigenvalue weighted by molar-refractivity contribution is 0.0595. The van der Waals surface area contributed by atoms with Crippen LogP contribution in [-0.4, -0.2) is 37.5 Å². The van der Waals surface area contributed by atoms with E-state index in [1.165, 1.54) is 48.2 Å². The topological polar surface area (TPSA) is 78.3 Å². The Hall–Kier alpha value is -2.45. The number of fused-ring (bicyclic) bond motifs is 1. The number of carbonyl (C=O) groups is 1. The summed E-state index contributed by atoms with van der Waals surface area (Å²) in [5.41, 5.74) is 0.694. The van der Waals surface area contributed by atoms with Crippen LogP contribution in [0.2, 0.25) is 5.02 Å². The van der Waals surface area contributed by atoms with Crippen molar-refractivity contribution in [3.63, 3.8) is 0 Å². The van der Waals surface area contributed by atoms with Crippen molar-refractivity contribution in [1.29, 1.82) is 0 Å². The molecule has 0 saturated heterocycles. The number of aromatic nitrogens is 2. The molecule has 0 amide bonds. The fraction of sp³-hybridized carbons (Fsp3) is 0.176. The second-order valence-electron chi connectivity index (χ2n) is 5.68. The van der Waals surface area contributed by atoms with Gasteiger partial charge in [-0.3, -0.25) is 4.68 Å². The largest absolute Gasteiger partial charge is 0.464 e. The minimum atomic E-state index is -3.46. The molecule has 0 atom stereocenters. The summed E-state index contributed by atoms with van der Waals surface area (Å²) in [6.45, 7) is -0.0102. The second-order valence-corrected chi connectivity index (χ2v) is 8.14. The van der Waals surface area contributed by atoms with Crippen LogP contribution in [0.15, 0.2) is 41.3 Å². The maximum absolute atomic E-state index is 14.1. The second kappa shape index (κ2) is 6.69. The van der Waals surface area contributed by atoms with Crippen LogP contribution in [0.5, 0.6) is 0 Å². The van der Waals surface area contributed by atoms with Gasteiger partial charge in [-0.25, -0.2) is 17.6 Å². The number of methoxy groups -OCH3 is 1. The van der Waals surface area contributed by atoms with Crippen molar-refractivity contribution in [2.75, 3.05) is 13.4 Å². The number of hydrogen-bond acceptors (Lipinski definition) is 5. The van der Waals surface area contributed by atoms with E-state index in [1.807, 2.05) is 0 Å². The molecule has 1 aromatic heterocycles. The van der Waals surface area contributed by atoms with E-state index < -0.39 is 21.6 Å². The maximum Gasteiger partial charge on any atom is 0.359 e. The van der Waals surface area contributed by atoms with E-state index in [9.17, 15) is 17.6 Å². The molecule has 0 radical (unpaired) electrons. The first-order valence-electron chi connectivity index (χ1n) is 7.43. The van der Waals surface area contributed by atoms with Crippen LogP contribution in [0.3, 0.4) is 0 Å². The first-order chi connectivity index (χ1) is 12.2. The van der Waals surface area contributed by atoms with Gasteiger partial charge < -0.3 is 4.74 Å². The third-order valence-corrected chi connectivity index (χ3v) is 5.21. The third-order valence-electron chi connectivity index (χ3n) is 3.87. The zero-order valence-electron chi connectivity index (χ0n) is 13.9. The van der Waals surface area contributed by atoms with Crippen molar-refractivity contribution in [3.05, 3.63) is 58.5 Å². The highest BCUT2D eigenvalue weighted by Gasteiger charge is 2.20. The number of esters is 1. The molecule has 0 unspecified atom stereocenters. The van der Waals surface area contributed by atoms with Crippen molar-refractivity contribution in [2.24, 2.45) is 0 Å². The van der Waals surface area contributed by atoms with Gasteiger partial charge in [-0.15, -0.1) is 0 Å². The van der Waals surface area contributed by atoms with Gasteiger partial charge in [-0.05, 0) is 30.3 Å². The first kappa shape index (κ1) is 18.3. The van der Waals surface area contributed by atoms with Gasteiger partial charge >= 0.3 is 5.97 Å². The molecule has 9 heteroatoms. The molecule has 1 heterocycles. The average molecular weight is 397 g/mol. The molecule has 136 valence electrons. The molecule has 0 aliphatic heterocycles. The Morgan fingerprint density at radius 2 is 2.00 bits per heavy atom. The molecule has 3 rings (SSSR count). The first-order valence-corrected chi connectivity index (χ1v) is 9.70. The highest BCUT2D eigenvalue weighted by atomic mass is 35.5. The summed E-state index contributed by atoms with van der Waals surface area (Å²) in [7, 11) is -2.24. The molecule has 0 saturated carbocycles. The number of carbonyl (C=O) groups excluding carboxylic acids is 1. The maximum atomic E-state index is 14.1. The predicted molar refractivity (Wildman–Crippen MR) is 94.7 cm³/mol. The lowest BCUT2D eigenvalue weighted by Gasteiger charge is -2.06. The molecule has 0 bridgehead atoms. The normalized spacial score (nSPS) is 11.7. The van der Waals surface area contributed by atoms with E-state index in [0.717, 1.165) is 6.26 Å². The van der Waals surface area contributed by atoms with E-state index in [1.54, 1.807) is 0 Å². The van der Waals surface area contributed by atoms with E-state index in [4.69, 9.17) is 16.3 Å². The van der Waals surface area contributed by atoms with Crippen LogP contribution >= 0.6 is 11.6 Å². The number of halogens is 2. The number of sulfone groups is 1. The molecule has 26 heavy (non-hydrogen) atoms. The quantitative estimate of drug-likeness (QED) is 0.633. The molecule has 3 aromatic rings. The molecule has 0 aliphatic rings. The standard InChI is InChI=1S/C17H14ClFN2O4S/c1-25-17(22)16-13-6-5-12(26(2,23)24)8-15(13)21(20-16)9-10-3-4-11(18)7-14(10)19/h3-8H,9H2,1-2H3. The van der Waals surface area contributed by atoms with Crippen molar-refractivity contribution in [1.82, 2.24) is 9.78 Å². The van der Waals surface area contributed by atoms with Crippen LogP contribution in [0, 0.1) is 5.82 Å². The Morgan fingerprint density at radius 3 is 2.62 bits per heavy atom. The van der Waals surface area contributed by atoms with E-state index >= 15 is 0 Å². The smallest absolute Gasteiger partial charge is 0.359 e. The summed E-state index contributed by atoms with van der Waals surface area (Å²) in [5, 5.41) is 4.86. The van der Waals surface area contributed by atoms with Crippen LogP contribution in [0.25, 0.3) is 10.9 Å². The molecule has 2 aromatic carbocycles. The van der Waals surface area contributed by atoms with Crippen LogP contribution in [0.1, 0.15) is 16.1 Å². The Morgan fingerprint density at radius 1 is 1.27 bits per heavy atom. The molecule has 6 nitrogen and oxygen atoms in total. The third kappa shape index (κ3) is 3.42. The van der Waals surface area contributed by atoms with Gasteiger partial charge in [0.25, 0.3) is 0 Å². The van der Waals surface area contributed by atoms with Crippen molar-refractivity contribution >= 4 is 38.3 Å². The van der Waals surface area contributed by atoms with E-state index in [-0.39, 0.29) is 22.2 Å². The number of hydrogen-bond donors (Lipinski definition) is 0. The van der Waals surface area contributed by atoms with Crippen LogP contribution in [-0.2, 0) is 21.1 Å². The number of rotatable bonds is 4. The van der Waals surface area contributed by atoms with Gasteiger partial charge in [0.1, 0.15) is 5.82 Å². The van der Waals surface area contributed by atoms with Gasteiger partial charge in [0.15, 0.2) is 15.5 Å². The molecule has 0 N–H and O–H groups in total. The number of benzene rings is 2. The van der Waals surface area contributed by atoms with E-state index in [0.29, 0.717) is 16.5 Å². The molecular weight excluding hydrogens is 383 g/mol. The molecule has 0 spiro atoms. The lowest BCUT2D eigenvalue weighted by Crippen LogP contribution is -2.07. The molecule has 0 fully saturated rings. The fourth-order valence-corrected chi connectivity index (χ4v) is 3.36. The predicted octanol–water partition coefficient (Wildman–Crippen LogP) is 3.07. The van der Waals surface area contributed by atoms with Gasteiger partial charge in [0, 0.05) is 22.2 Å². The highest BCUT2D eigenvalue weighted by Crippen LogP contribution is 2.25. The Bertz CT molecular complexity index is 1130. The zero-order chi connectivity index (χ0) is 19.1. The minimum absolute atomic E-state index is 0.0102. The average Bonchev–Trinajstić information content (AvgIpc) is 2.94. The Kier molecular flexibility index (Phi) is 4.72. The van der Waals surface area contributed by atoms with Crippen LogP contribution in [0.4, 0.5) is 4.39 Å². The van der Waals surface area contributed by atoms with E-state index in [2.05, 4.69) is 5.10 Å². The lowest BCUT2D eigenvalue weighted by atomic mass is 10.2. The summed E-state index contributed by atoms with van der Waals surface area (Å²) in [4.78, 5) is 12.0. The summed E-state index contributed by atoms with van der Waals surface area (Å²) in [6.07, 6.45) is 1.08. The minimum Gasteiger partial charge on any atom is -0.464 e. The molecular formula is C17H14ClFN2O4S.